The van der Waals surface area contributed by atoms with Crippen molar-refractivity contribution in [2.45, 2.75) is 45.3 Å². The second-order valence-electron chi connectivity index (χ2n) is 2.76. The predicted octanol–water partition coefficient (Wildman–Crippen LogP) is 1.58. The molecule has 0 radical (unpaired) electrons. The molecular weight excluding hydrogens is 152 g/mol. The van der Waals surface area contributed by atoms with Gasteiger partial charge in [0.05, 0.1) is 12.2 Å². The van der Waals surface area contributed by atoms with E-state index in [4.69, 9.17) is 4.74 Å². The lowest BCUT2D eigenvalue weighted by atomic mass is 10.1. The molecule has 70 valence electrons. The molecule has 0 aliphatic rings. The molecule has 0 aliphatic heterocycles. The Morgan fingerprint density at radius 3 is 2.58 bits per heavy atom. The normalized spacial score (nSPS) is 14.7. The predicted molar refractivity (Wildman–Crippen MR) is 49.8 cm³/mol. The van der Waals surface area contributed by atoms with Crippen LogP contribution in [0.4, 0.5) is 0 Å². The molecule has 0 bridgehead atoms. The number of aliphatic hydroxyl groups excluding tert-OH is 1. The first-order chi connectivity index (χ1) is 5.76. The summed E-state index contributed by atoms with van der Waals surface area (Å²) >= 11 is 0. The smallest absolute Gasteiger partial charge is 0.0910 e. The van der Waals surface area contributed by atoms with Crippen LogP contribution in [0.5, 0.6) is 0 Å². The van der Waals surface area contributed by atoms with E-state index in [1.807, 2.05) is 0 Å². The number of hydrogen-bond acceptors (Lipinski definition) is 2. The van der Waals surface area contributed by atoms with Gasteiger partial charge in [0.15, 0.2) is 0 Å². The molecule has 2 heteroatoms. The number of ether oxygens (including phenoxy) is 1. The molecule has 0 saturated carbocycles. The van der Waals surface area contributed by atoms with Gasteiger partial charge in [0.25, 0.3) is 0 Å². The first-order valence-electron chi connectivity index (χ1n) is 4.36. The van der Waals surface area contributed by atoms with Crippen molar-refractivity contribution >= 4 is 0 Å². The Morgan fingerprint density at radius 1 is 1.50 bits per heavy atom. The van der Waals surface area contributed by atoms with Crippen molar-refractivity contribution in [2.75, 3.05) is 7.11 Å². The lowest BCUT2D eigenvalue weighted by molar-refractivity contribution is -0.0136. The Hall–Kier alpha value is -0.520. The topological polar surface area (TPSA) is 29.5 Å². The summed E-state index contributed by atoms with van der Waals surface area (Å²) in [6, 6.07) is 0. The quantitative estimate of drug-likeness (QED) is 0.635. The maximum atomic E-state index is 9.54. The molecule has 12 heavy (non-hydrogen) atoms. The third-order valence-corrected chi connectivity index (χ3v) is 1.79. The lowest BCUT2D eigenvalue weighted by Crippen LogP contribution is -2.27. The second kappa shape index (κ2) is 7.15. The Kier molecular flexibility index (Phi) is 6.84. The van der Waals surface area contributed by atoms with Crippen LogP contribution in [0.15, 0.2) is 0 Å². The van der Waals surface area contributed by atoms with E-state index >= 15 is 0 Å². The van der Waals surface area contributed by atoms with Crippen molar-refractivity contribution in [1.29, 1.82) is 0 Å². The van der Waals surface area contributed by atoms with Crippen LogP contribution in [0.3, 0.4) is 0 Å². The fourth-order valence-electron chi connectivity index (χ4n) is 1.09. The van der Waals surface area contributed by atoms with E-state index in [0.717, 1.165) is 12.8 Å². The minimum absolute atomic E-state index is 0.0594. The summed E-state index contributed by atoms with van der Waals surface area (Å²) in [5, 5.41) is 9.54. The lowest BCUT2D eigenvalue weighted by Gasteiger charge is -2.18. The van der Waals surface area contributed by atoms with Crippen LogP contribution in [-0.4, -0.2) is 24.4 Å². The summed E-state index contributed by atoms with van der Waals surface area (Å²) in [5.41, 5.74) is 0. The molecule has 0 aromatic heterocycles. The van der Waals surface area contributed by atoms with Gasteiger partial charge in [0.1, 0.15) is 0 Å². The van der Waals surface area contributed by atoms with E-state index in [1.165, 1.54) is 0 Å². The molecule has 0 aromatic rings. The average Bonchev–Trinajstić information content (AvgIpc) is 2.10. The highest BCUT2D eigenvalue weighted by Crippen LogP contribution is 2.08. The van der Waals surface area contributed by atoms with Crippen LogP contribution >= 0.6 is 0 Å². The molecule has 0 amide bonds. The Bertz CT molecular complexity index is 155. The first kappa shape index (κ1) is 11.5. The van der Waals surface area contributed by atoms with Crippen molar-refractivity contribution in [3.05, 3.63) is 0 Å². The molecular formula is C10H18O2. The third kappa shape index (κ3) is 4.38. The minimum atomic E-state index is -0.442. The third-order valence-electron chi connectivity index (χ3n) is 1.79. The molecule has 0 spiro atoms. The van der Waals surface area contributed by atoms with Gasteiger partial charge in [-0.25, -0.2) is 0 Å². The molecule has 0 aliphatic carbocycles. The van der Waals surface area contributed by atoms with Gasteiger partial charge in [0, 0.05) is 13.5 Å². The van der Waals surface area contributed by atoms with Gasteiger partial charge >= 0.3 is 0 Å². The molecule has 0 heterocycles. The summed E-state index contributed by atoms with van der Waals surface area (Å²) in [6.07, 6.45) is 1.92. The molecule has 2 atom stereocenters. The Balaban J connectivity index is 3.81. The zero-order valence-electron chi connectivity index (χ0n) is 8.13. The van der Waals surface area contributed by atoms with E-state index in [2.05, 4.69) is 18.8 Å². The number of rotatable bonds is 5. The van der Waals surface area contributed by atoms with Gasteiger partial charge < -0.3 is 9.84 Å². The van der Waals surface area contributed by atoms with Crippen molar-refractivity contribution in [1.82, 2.24) is 0 Å². The summed E-state index contributed by atoms with van der Waals surface area (Å²) in [7, 11) is 1.63. The summed E-state index contributed by atoms with van der Waals surface area (Å²) in [6.45, 7) is 3.85. The van der Waals surface area contributed by atoms with Gasteiger partial charge in [-0.3, -0.25) is 0 Å². The van der Waals surface area contributed by atoms with Gasteiger partial charge in [-0.15, -0.1) is 11.8 Å². The number of methoxy groups -OCH3 is 1. The first-order valence-corrected chi connectivity index (χ1v) is 4.36. The van der Waals surface area contributed by atoms with Crippen molar-refractivity contribution < 1.29 is 9.84 Å². The zero-order chi connectivity index (χ0) is 9.40. The van der Waals surface area contributed by atoms with Crippen LogP contribution in [0.2, 0.25) is 0 Å². The minimum Gasteiger partial charge on any atom is -0.389 e. The SMILES string of the molecule is CC#CCC(O)C(CCC)OC. The van der Waals surface area contributed by atoms with Crippen LogP contribution in [-0.2, 0) is 4.74 Å². The molecule has 0 aromatic carbocycles. The summed E-state index contributed by atoms with van der Waals surface area (Å²) in [4.78, 5) is 0. The zero-order valence-corrected chi connectivity index (χ0v) is 8.13. The van der Waals surface area contributed by atoms with Crippen molar-refractivity contribution in [2.24, 2.45) is 0 Å². The van der Waals surface area contributed by atoms with Gasteiger partial charge in [-0.1, -0.05) is 13.3 Å². The van der Waals surface area contributed by atoms with Crippen LogP contribution < -0.4 is 0 Å². The van der Waals surface area contributed by atoms with E-state index in [9.17, 15) is 5.11 Å². The standard InChI is InChI=1S/C10H18O2/c1-4-6-8-9(11)10(12-3)7-5-2/h9-11H,5,7-8H2,1-3H3. The van der Waals surface area contributed by atoms with Crippen LogP contribution in [0.1, 0.15) is 33.1 Å². The summed E-state index contributed by atoms with van der Waals surface area (Å²) < 4.78 is 5.13. The molecule has 2 unspecified atom stereocenters. The largest absolute Gasteiger partial charge is 0.389 e. The average molecular weight is 170 g/mol. The van der Waals surface area contributed by atoms with Crippen molar-refractivity contribution in [3.63, 3.8) is 0 Å². The molecule has 1 N–H and O–H groups in total. The highest BCUT2D eigenvalue weighted by atomic mass is 16.5. The maximum Gasteiger partial charge on any atom is 0.0910 e. The second-order valence-corrected chi connectivity index (χ2v) is 2.76. The molecule has 2 nitrogen and oxygen atoms in total. The summed E-state index contributed by atoms with van der Waals surface area (Å²) in [5.74, 6) is 5.60. The number of aliphatic hydroxyl groups is 1. The van der Waals surface area contributed by atoms with Gasteiger partial charge in [-0.05, 0) is 13.3 Å². The van der Waals surface area contributed by atoms with E-state index in [0.29, 0.717) is 6.42 Å². The monoisotopic (exact) mass is 170 g/mol. The van der Waals surface area contributed by atoms with E-state index < -0.39 is 6.10 Å². The fourth-order valence-corrected chi connectivity index (χ4v) is 1.09. The molecule has 0 rings (SSSR count). The van der Waals surface area contributed by atoms with E-state index in [-0.39, 0.29) is 6.10 Å². The van der Waals surface area contributed by atoms with Crippen molar-refractivity contribution in [3.8, 4) is 11.8 Å². The van der Waals surface area contributed by atoms with E-state index in [1.54, 1.807) is 14.0 Å². The highest BCUT2D eigenvalue weighted by Gasteiger charge is 2.15. The maximum absolute atomic E-state index is 9.54. The molecule has 0 fully saturated rings. The van der Waals surface area contributed by atoms with Crippen LogP contribution in [0, 0.1) is 11.8 Å². The molecule has 0 saturated heterocycles. The Labute approximate surface area is 74.9 Å². The van der Waals surface area contributed by atoms with Gasteiger partial charge in [-0.2, -0.15) is 0 Å². The number of hydrogen-bond donors (Lipinski definition) is 1. The van der Waals surface area contributed by atoms with Gasteiger partial charge in [0.2, 0.25) is 0 Å². The fraction of sp³-hybridized carbons (Fsp3) is 0.800. The Morgan fingerprint density at radius 2 is 2.17 bits per heavy atom. The van der Waals surface area contributed by atoms with Crippen LogP contribution in [0.25, 0.3) is 0 Å². The highest BCUT2D eigenvalue weighted by molar-refractivity contribution is 4.97.